The first-order valence-corrected chi connectivity index (χ1v) is 19.1. The van der Waals surface area contributed by atoms with Gasteiger partial charge in [0.15, 0.2) is 17.3 Å². The maximum absolute atomic E-state index is 14.6. The van der Waals surface area contributed by atoms with Gasteiger partial charge in [-0.3, -0.25) is 14.4 Å². The number of benzene rings is 1. The molecule has 1 aliphatic carbocycles. The number of anilines is 2. The summed E-state index contributed by atoms with van der Waals surface area (Å²) in [5.41, 5.74) is -0.358. The zero-order chi connectivity index (χ0) is 40.9. The quantitative estimate of drug-likeness (QED) is 0.147. The molecule has 58 heavy (non-hydrogen) atoms. The molecule has 0 unspecified atom stereocenters. The fraction of sp³-hybridized carbons (Fsp3) is 0.421. The zero-order valence-electron chi connectivity index (χ0n) is 31.4. The zero-order valence-corrected chi connectivity index (χ0v) is 32.2. The molecule has 6 heterocycles. The van der Waals surface area contributed by atoms with Crippen molar-refractivity contribution in [2.45, 2.75) is 63.2 Å². The van der Waals surface area contributed by atoms with Gasteiger partial charge in [-0.25, -0.2) is 15.0 Å². The number of amides is 2. The molecule has 1 spiro atoms. The number of carbonyl (C=O) groups is 2. The lowest BCUT2D eigenvalue weighted by Gasteiger charge is -2.39. The van der Waals surface area contributed by atoms with Crippen LogP contribution in [0.1, 0.15) is 65.1 Å². The summed E-state index contributed by atoms with van der Waals surface area (Å²) in [6.07, 6.45) is -0.484. The summed E-state index contributed by atoms with van der Waals surface area (Å²) in [6, 6.07) is 6.55. The third-order valence-electron chi connectivity index (χ3n) is 11.1. The van der Waals surface area contributed by atoms with E-state index in [9.17, 15) is 32.7 Å². The number of rotatable bonds is 10. The van der Waals surface area contributed by atoms with Crippen LogP contribution < -0.4 is 21.5 Å². The van der Waals surface area contributed by atoms with E-state index in [0.29, 0.717) is 67.7 Å². The summed E-state index contributed by atoms with van der Waals surface area (Å²) in [7, 11) is 0. The standard InChI is InChI=1S/C38H39ClF3N11O5/c1-20-14-37(7-11-51(12-8-37)35(57)30-32(55)21(2)46-19-47-30)29-31(20)52(16-28(54)48-26-5-4-23(13-25(26)39)38(40,41)42)36-49-33(50-53(36)34(29)56)22-3-6-27(45-15-22)44-10-9-43-24-17-58-18-24/h3-6,13,15,19-20,24,43,55H,7-12,14,16-18H2,1-2H3,(H,44,45)(H,48,54)/t20-/m0/s1. The number of aromatic hydroxyl groups is 1. The van der Waals surface area contributed by atoms with Gasteiger partial charge in [-0.2, -0.15) is 22.7 Å². The van der Waals surface area contributed by atoms with E-state index in [0.717, 1.165) is 24.7 Å². The highest BCUT2D eigenvalue weighted by molar-refractivity contribution is 6.33. The topological polar surface area (TPSA) is 194 Å². The van der Waals surface area contributed by atoms with Crippen LogP contribution in [0, 0.1) is 6.92 Å². The lowest BCUT2D eigenvalue weighted by atomic mass is 9.73. The number of fused-ring (bicyclic) bond motifs is 3. The molecule has 2 aliphatic heterocycles. The van der Waals surface area contributed by atoms with Gasteiger partial charge in [0.1, 0.15) is 18.7 Å². The van der Waals surface area contributed by atoms with Crippen LogP contribution in [0.25, 0.3) is 17.2 Å². The number of aryl methyl sites for hydroxylation is 1. The van der Waals surface area contributed by atoms with Gasteiger partial charge >= 0.3 is 6.18 Å². The van der Waals surface area contributed by atoms with Crippen molar-refractivity contribution in [1.82, 2.24) is 44.3 Å². The van der Waals surface area contributed by atoms with Crippen molar-refractivity contribution >= 4 is 40.7 Å². The molecule has 1 atom stereocenters. The fourth-order valence-electron chi connectivity index (χ4n) is 8.09. The first kappa shape index (κ1) is 39.2. The predicted molar refractivity (Wildman–Crippen MR) is 205 cm³/mol. The van der Waals surface area contributed by atoms with Crippen molar-refractivity contribution in [2.75, 3.05) is 50.0 Å². The monoisotopic (exact) mass is 821 g/mol. The molecule has 2 amide bonds. The Bertz CT molecular complexity index is 2460. The summed E-state index contributed by atoms with van der Waals surface area (Å²) in [5, 5.41) is 24.1. The number of alkyl halides is 3. The fourth-order valence-corrected chi connectivity index (χ4v) is 8.32. The summed E-state index contributed by atoms with van der Waals surface area (Å²) < 4.78 is 47.9. The molecule has 5 aromatic rings. The van der Waals surface area contributed by atoms with Crippen LogP contribution in [0.15, 0.2) is 47.7 Å². The number of likely N-dealkylation sites (tertiary alicyclic amines) is 1. The van der Waals surface area contributed by atoms with E-state index in [2.05, 4.69) is 36.0 Å². The molecule has 304 valence electrons. The molecule has 0 radical (unpaired) electrons. The molecule has 2 fully saturated rings. The third-order valence-corrected chi connectivity index (χ3v) is 11.4. The first-order valence-electron chi connectivity index (χ1n) is 18.7. The average molecular weight is 822 g/mol. The van der Waals surface area contributed by atoms with E-state index in [1.165, 1.54) is 10.8 Å². The van der Waals surface area contributed by atoms with Crippen molar-refractivity contribution in [1.29, 1.82) is 0 Å². The van der Waals surface area contributed by atoms with Crippen LogP contribution >= 0.6 is 11.6 Å². The van der Waals surface area contributed by atoms with Crippen molar-refractivity contribution in [3.05, 3.63) is 86.4 Å². The summed E-state index contributed by atoms with van der Waals surface area (Å²) >= 11 is 6.18. The number of piperidine rings is 1. The number of carbonyl (C=O) groups excluding carboxylic acids is 2. The minimum Gasteiger partial charge on any atom is -0.504 e. The van der Waals surface area contributed by atoms with Crippen molar-refractivity contribution in [3.63, 3.8) is 0 Å². The van der Waals surface area contributed by atoms with Crippen LogP contribution in [0.5, 0.6) is 5.75 Å². The van der Waals surface area contributed by atoms with E-state index in [4.69, 9.17) is 21.3 Å². The van der Waals surface area contributed by atoms with Gasteiger partial charge < -0.3 is 35.3 Å². The van der Waals surface area contributed by atoms with Crippen molar-refractivity contribution < 1.29 is 32.6 Å². The van der Waals surface area contributed by atoms with Crippen LogP contribution in [0.2, 0.25) is 5.02 Å². The van der Waals surface area contributed by atoms with E-state index in [-0.39, 0.29) is 65.0 Å². The van der Waals surface area contributed by atoms with Crippen LogP contribution in [-0.4, -0.2) is 101 Å². The molecule has 4 N–H and O–H groups in total. The second-order valence-corrected chi connectivity index (χ2v) is 15.3. The Morgan fingerprint density at radius 3 is 2.53 bits per heavy atom. The molecule has 16 nitrogen and oxygen atoms in total. The summed E-state index contributed by atoms with van der Waals surface area (Å²) in [6.45, 7) is 6.42. The lowest BCUT2D eigenvalue weighted by Crippen LogP contribution is -2.47. The molecule has 3 aliphatic rings. The largest absolute Gasteiger partial charge is 0.504 e. The van der Waals surface area contributed by atoms with Gasteiger partial charge in [0.2, 0.25) is 11.7 Å². The Morgan fingerprint density at radius 2 is 1.86 bits per heavy atom. The number of pyridine rings is 1. The lowest BCUT2D eigenvalue weighted by molar-refractivity contribution is -0.137. The van der Waals surface area contributed by atoms with Crippen LogP contribution in [-0.2, 0) is 27.7 Å². The highest BCUT2D eigenvalue weighted by atomic mass is 35.5. The van der Waals surface area contributed by atoms with Gasteiger partial charge in [-0.05, 0) is 62.4 Å². The second-order valence-electron chi connectivity index (χ2n) is 14.9. The van der Waals surface area contributed by atoms with E-state index in [1.54, 1.807) is 34.7 Å². The van der Waals surface area contributed by atoms with Crippen LogP contribution in [0.4, 0.5) is 24.7 Å². The average Bonchev–Trinajstić information content (AvgIpc) is 3.74. The van der Waals surface area contributed by atoms with Crippen molar-refractivity contribution in [2.24, 2.45) is 0 Å². The normalized spacial score (nSPS) is 17.7. The number of nitrogens with one attached hydrogen (secondary N) is 3. The second kappa shape index (κ2) is 15.3. The van der Waals surface area contributed by atoms with Gasteiger partial charge in [0, 0.05) is 54.6 Å². The number of hydrogen-bond acceptors (Lipinski definition) is 12. The maximum Gasteiger partial charge on any atom is 0.416 e. The molecule has 0 saturated carbocycles. The highest BCUT2D eigenvalue weighted by Crippen LogP contribution is 2.50. The van der Waals surface area contributed by atoms with Gasteiger partial charge in [0.05, 0.1) is 41.2 Å². The SMILES string of the molecule is Cc1ncnc(C(=O)N2CCC3(CC2)C[C@H](C)c2c3c(=O)n3nc(-c4ccc(NCCNC5COC5)nc4)nc3n2CC(=O)Nc2ccc(C(F)(F)F)cc2Cl)c1O. The number of ether oxygens (including phenoxy) is 1. The number of hydrogen-bond donors (Lipinski definition) is 4. The van der Waals surface area contributed by atoms with Gasteiger partial charge in [0.25, 0.3) is 11.5 Å². The summed E-state index contributed by atoms with van der Waals surface area (Å²) in [4.78, 5) is 60.6. The molecular formula is C38H39ClF3N11O5. The van der Waals surface area contributed by atoms with E-state index >= 15 is 0 Å². The minimum atomic E-state index is -4.62. The van der Waals surface area contributed by atoms with Crippen LogP contribution in [0.3, 0.4) is 0 Å². The molecule has 4 aromatic heterocycles. The maximum atomic E-state index is 14.6. The van der Waals surface area contributed by atoms with Gasteiger partial charge in [-0.1, -0.05) is 18.5 Å². The Hall–Kier alpha value is -5.66. The molecular weight excluding hydrogens is 783 g/mol. The molecule has 1 aromatic carbocycles. The molecule has 8 rings (SSSR count). The predicted octanol–water partition coefficient (Wildman–Crippen LogP) is 4.15. The number of nitrogens with zero attached hydrogens (tertiary/aromatic N) is 8. The van der Waals surface area contributed by atoms with Gasteiger partial charge in [-0.15, -0.1) is 5.10 Å². The number of aromatic nitrogens is 7. The minimum absolute atomic E-state index is 0.0189. The van der Waals surface area contributed by atoms with E-state index in [1.807, 2.05) is 6.92 Å². The Balaban J connectivity index is 1.12. The Kier molecular flexibility index (Phi) is 10.3. The van der Waals surface area contributed by atoms with Crippen molar-refractivity contribution in [3.8, 4) is 17.1 Å². The highest BCUT2D eigenvalue weighted by Gasteiger charge is 2.49. The Morgan fingerprint density at radius 1 is 1.09 bits per heavy atom. The molecule has 20 heteroatoms. The Labute approximate surface area is 333 Å². The number of halogens is 4. The first-order chi connectivity index (χ1) is 27.7. The third kappa shape index (κ3) is 7.33. The molecule has 2 saturated heterocycles. The molecule has 0 bridgehead atoms. The smallest absolute Gasteiger partial charge is 0.416 e. The van der Waals surface area contributed by atoms with E-state index < -0.39 is 34.5 Å². The summed E-state index contributed by atoms with van der Waals surface area (Å²) in [5.74, 6) is -0.702.